The first-order valence-corrected chi connectivity index (χ1v) is 8.01. The van der Waals surface area contributed by atoms with Crippen LogP contribution in [0.15, 0.2) is 85.1 Å². The Kier molecular flexibility index (Phi) is 5.60. The van der Waals surface area contributed by atoms with E-state index >= 15 is 0 Å². The van der Waals surface area contributed by atoms with Crippen LogP contribution >= 0.6 is 0 Å². The second-order valence-corrected chi connectivity index (χ2v) is 5.62. The van der Waals surface area contributed by atoms with Crippen molar-refractivity contribution in [2.24, 2.45) is 0 Å². The predicted octanol–water partition coefficient (Wildman–Crippen LogP) is 4.98. The minimum Gasteiger partial charge on any atom is -0.515 e. The third-order valence-corrected chi connectivity index (χ3v) is 3.94. The van der Waals surface area contributed by atoms with Gasteiger partial charge in [0.15, 0.2) is 0 Å². The van der Waals surface area contributed by atoms with Crippen LogP contribution in [-0.2, 0) is 21.1 Å². The maximum Gasteiger partial charge on any atom is 0.0901 e. The van der Waals surface area contributed by atoms with Gasteiger partial charge < -0.3 is 5.11 Å². The van der Waals surface area contributed by atoms with Crippen molar-refractivity contribution in [2.45, 2.75) is 0 Å². The van der Waals surface area contributed by atoms with Crippen LogP contribution < -0.4 is 0 Å². The van der Waals surface area contributed by atoms with E-state index in [-0.39, 0.29) is 26.8 Å². The molecule has 0 fully saturated rings. The van der Waals surface area contributed by atoms with Crippen LogP contribution in [0.25, 0.3) is 33.8 Å². The molecule has 0 saturated carbocycles. The Balaban J connectivity index is 0.00000196. The summed E-state index contributed by atoms with van der Waals surface area (Å²) in [5.74, 6) is 0.242. The Morgan fingerprint density at radius 3 is 2.15 bits per heavy atom. The van der Waals surface area contributed by atoms with Gasteiger partial charge in [0.25, 0.3) is 0 Å². The maximum atomic E-state index is 10.1. The third-order valence-electron chi connectivity index (χ3n) is 3.94. The number of para-hydroxylation sites is 1. The molecule has 2 aromatic carbocycles. The molecule has 2 aromatic heterocycles. The van der Waals surface area contributed by atoms with E-state index in [0.29, 0.717) is 0 Å². The van der Waals surface area contributed by atoms with Crippen LogP contribution in [0.5, 0.6) is 5.75 Å². The fourth-order valence-corrected chi connectivity index (χ4v) is 2.72. The molecule has 0 radical (unpaired) electrons. The summed E-state index contributed by atoms with van der Waals surface area (Å²) >= 11 is 0. The zero-order valence-electron chi connectivity index (χ0n) is 13.7. The van der Waals surface area contributed by atoms with E-state index in [2.05, 4.69) is 11.1 Å². The topological polar surface area (TPSA) is 46.0 Å². The first-order chi connectivity index (χ1) is 12.3. The molecule has 4 rings (SSSR count). The molecule has 0 unspecified atom stereocenters. The number of rotatable bonds is 3. The number of benzene rings is 2. The van der Waals surface area contributed by atoms with Gasteiger partial charge >= 0.3 is 0 Å². The van der Waals surface area contributed by atoms with Gasteiger partial charge in [0, 0.05) is 33.0 Å². The Bertz CT molecular complexity index is 1020. The van der Waals surface area contributed by atoms with Crippen molar-refractivity contribution in [3.63, 3.8) is 0 Å². The Hall–Kier alpha value is -2.77. The summed E-state index contributed by atoms with van der Waals surface area (Å²) in [7, 11) is 0. The van der Waals surface area contributed by atoms with Crippen LogP contribution in [0.2, 0.25) is 0 Å². The summed E-state index contributed by atoms with van der Waals surface area (Å²) in [6, 6.07) is 28.1. The smallest absolute Gasteiger partial charge is 0.0901 e. The van der Waals surface area contributed by atoms with Crippen LogP contribution in [0.1, 0.15) is 0 Å². The zero-order chi connectivity index (χ0) is 17.1. The summed E-state index contributed by atoms with van der Waals surface area (Å²) in [6.45, 7) is 0. The van der Waals surface area contributed by atoms with Crippen molar-refractivity contribution in [1.29, 1.82) is 0 Å². The van der Waals surface area contributed by atoms with Gasteiger partial charge in [-0.15, -0.1) is 29.8 Å². The number of phenols is 1. The standard InChI is InChI=1S/C22H15N2O.Pt/c25-22-13-2-1-9-18(22)16-7-5-8-17(15-16)19-11-6-12-21(24-19)20-10-3-4-14-23-20;/h1-14,25H;/q-1;. The molecule has 2 heterocycles. The summed E-state index contributed by atoms with van der Waals surface area (Å²) in [6.07, 6.45) is 1.76. The number of aromatic nitrogens is 2. The molecule has 0 saturated heterocycles. The molecular weight excluding hydrogens is 503 g/mol. The van der Waals surface area contributed by atoms with E-state index in [1.54, 1.807) is 18.3 Å². The average molecular weight is 518 g/mol. The van der Waals surface area contributed by atoms with Crippen molar-refractivity contribution in [1.82, 2.24) is 9.97 Å². The first-order valence-electron chi connectivity index (χ1n) is 8.01. The minimum absolute atomic E-state index is 0. The fourth-order valence-electron chi connectivity index (χ4n) is 2.72. The third kappa shape index (κ3) is 3.73. The fraction of sp³-hybridized carbons (Fsp3) is 0. The van der Waals surface area contributed by atoms with Gasteiger partial charge in [0.05, 0.1) is 17.1 Å². The van der Waals surface area contributed by atoms with E-state index in [0.717, 1.165) is 33.8 Å². The molecule has 130 valence electrons. The Morgan fingerprint density at radius 2 is 1.35 bits per heavy atom. The summed E-state index contributed by atoms with van der Waals surface area (Å²) in [4.78, 5) is 9.07. The molecular formula is C22H15N2OPt-. The van der Waals surface area contributed by atoms with Crippen molar-refractivity contribution in [3.05, 3.63) is 91.1 Å². The number of pyridine rings is 2. The van der Waals surface area contributed by atoms with Gasteiger partial charge in [-0.1, -0.05) is 42.0 Å². The number of hydrogen-bond donors (Lipinski definition) is 1. The maximum absolute atomic E-state index is 10.1. The molecule has 0 spiro atoms. The zero-order valence-corrected chi connectivity index (χ0v) is 16.0. The molecule has 0 aliphatic heterocycles. The quantitative estimate of drug-likeness (QED) is 0.389. The van der Waals surface area contributed by atoms with E-state index in [1.807, 2.05) is 66.7 Å². The largest absolute Gasteiger partial charge is 0.515 e. The summed E-state index contributed by atoms with van der Waals surface area (Å²) < 4.78 is 0. The molecule has 4 heteroatoms. The number of nitrogens with zero attached hydrogens (tertiary/aromatic N) is 2. The first kappa shape index (κ1) is 18.0. The van der Waals surface area contributed by atoms with Crippen LogP contribution in [0.3, 0.4) is 0 Å². The number of hydrogen-bond acceptors (Lipinski definition) is 3. The Labute approximate surface area is 166 Å². The van der Waals surface area contributed by atoms with E-state index in [9.17, 15) is 5.11 Å². The summed E-state index contributed by atoms with van der Waals surface area (Å²) in [5, 5.41) is 10.1. The van der Waals surface area contributed by atoms with Gasteiger partial charge in [-0.2, -0.15) is 0 Å². The number of phenolic OH excluding ortho intramolecular Hbond substituents is 1. The SMILES string of the molecule is Oc1ccccc1-c1[c-]c(-c2cccc(-c3ccccn3)n2)ccc1.[Pt]. The van der Waals surface area contributed by atoms with E-state index < -0.39 is 0 Å². The summed E-state index contributed by atoms with van der Waals surface area (Å²) in [5.41, 5.74) is 4.94. The van der Waals surface area contributed by atoms with Gasteiger partial charge in [0.2, 0.25) is 0 Å². The second kappa shape index (κ2) is 8.07. The molecule has 0 aliphatic rings. The minimum atomic E-state index is 0. The van der Waals surface area contributed by atoms with Crippen LogP contribution in [-0.4, -0.2) is 15.1 Å². The van der Waals surface area contributed by atoms with Crippen LogP contribution in [0.4, 0.5) is 0 Å². The number of aromatic hydroxyl groups is 1. The van der Waals surface area contributed by atoms with Crippen molar-refractivity contribution >= 4 is 0 Å². The normalized spacial score (nSPS) is 10.2. The molecule has 0 bridgehead atoms. The molecule has 0 amide bonds. The van der Waals surface area contributed by atoms with Crippen molar-refractivity contribution < 1.29 is 26.2 Å². The molecule has 0 aliphatic carbocycles. The Morgan fingerprint density at radius 1 is 0.654 bits per heavy atom. The van der Waals surface area contributed by atoms with Crippen molar-refractivity contribution in [2.75, 3.05) is 0 Å². The average Bonchev–Trinajstić information content (AvgIpc) is 2.69. The second-order valence-electron chi connectivity index (χ2n) is 5.62. The van der Waals surface area contributed by atoms with Crippen LogP contribution in [0, 0.1) is 6.07 Å². The molecule has 3 nitrogen and oxygen atoms in total. The molecule has 4 aromatic rings. The molecule has 0 atom stereocenters. The van der Waals surface area contributed by atoms with E-state index in [1.165, 1.54) is 0 Å². The van der Waals surface area contributed by atoms with Crippen molar-refractivity contribution in [3.8, 4) is 39.5 Å². The van der Waals surface area contributed by atoms with Gasteiger partial charge in [-0.05, 0) is 29.8 Å². The molecule has 26 heavy (non-hydrogen) atoms. The molecule has 1 N–H and O–H groups in total. The van der Waals surface area contributed by atoms with Gasteiger partial charge in [0.1, 0.15) is 0 Å². The van der Waals surface area contributed by atoms with Gasteiger partial charge in [-0.3, -0.25) is 9.97 Å². The van der Waals surface area contributed by atoms with Gasteiger partial charge in [-0.25, -0.2) is 0 Å². The monoisotopic (exact) mass is 518 g/mol. The predicted molar refractivity (Wildman–Crippen MR) is 98.8 cm³/mol. The van der Waals surface area contributed by atoms with E-state index in [4.69, 9.17) is 4.98 Å².